The zero-order chi connectivity index (χ0) is 97.3. The number of hydrogen-bond acceptors (Lipinski definition) is 25. The van der Waals surface area contributed by atoms with Gasteiger partial charge in [0.25, 0.3) is 0 Å². The predicted octanol–water partition coefficient (Wildman–Crippen LogP) is 17.0. The molecule has 19 rings (SSSR count). The molecule has 12 aromatic rings. The number of morpholine rings is 3. The fourth-order valence-electron chi connectivity index (χ4n) is 16.7. The van der Waals surface area contributed by atoms with E-state index in [9.17, 15) is 43.2 Å². The third-order valence-corrected chi connectivity index (χ3v) is 28.0. The van der Waals surface area contributed by atoms with Gasteiger partial charge in [-0.25, -0.2) is 19.8 Å². The Morgan fingerprint density at radius 1 is 0.383 bits per heavy atom. The number of likely N-dealkylation sites (tertiary alicyclic amines) is 1. The molecular formula is C107H107N15O16S3. The van der Waals surface area contributed by atoms with Gasteiger partial charge in [0.15, 0.2) is 15.5 Å². The van der Waals surface area contributed by atoms with Gasteiger partial charge in [0.05, 0.1) is 108 Å². The Morgan fingerprint density at radius 2 is 0.723 bits per heavy atom. The van der Waals surface area contributed by atoms with E-state index in [0.29, 0.717) is 102 Å². The van der Waals surface area contributed by atoms with Crippen molar-refractivity contribution in [3.63, 3.8) is 0 Å². The van der Waals surface area contributed by atoms with Gasteiger partial charge in [0, 0.05) is 79.9 Å². The van der Waals surface area contributed by atoms with Gasteiger partial charge in [-0.1, -0.05) is 163 Å². The van der Waals surface area contributed by atoms with E-state index in [1.54, 1.807) is 94.7 Å². The summed E-state index contributed by atoms with van der Waals surface area (Å²) in [5, 5.41) is 14.1. The summed E-state index contributed by atoms with van der Waals surface area (Å²) in [6, 6.07) is 82.7. The molecule has 6 atom stereocenters. The third kappa shape index (κ3) is 26.2. The summed E-state index contributed by atoms with van der Waals surface area (Å²) in [6.07, 6.45) is 5.96. The Hall–Kier alpha value is -14.8. The number of rotatable bonds is 29. The molecular weight excluding hydrogens is 1850 g/mol. The van der Waals surface area contributed by atoms with E-state index in [0.717, 1.165) is 113 Å². The Balaban J connectivity index is 0.000000146. The molecule has 724 valence electrons. The normalized spacial score (nSPS) is 18.8. The Kier molecular flexibility index (Phi) is 33.1. The lowest BCUT2D eigenvalue weighted by molar-refractivity contribution is -0.136. The highest BCUT2D eigenvalue weighted by molar-refractivity contribution is 8.15. The number of hydrogen-bond donors (Lipinski definition) is 5. The van der Waals surface area contributed by atoms with E-state index in [1.807, 2.05) is 218 Å². The molecule has 0 bridgehead atoms. The number of aliphatic imine (C=N–C) groups is 3. The van der Waals surface area contributed by atoms with Gasteiger partial charge in [-0.2, -0.15) is 0 Å². The van der Waals surface area contributed by atoms with Crippen molar-refractivity contribution < 1.29 is 75.3 Å². The molecule has 0 radical (unpaired) electrons. The summed E-state index contributed by atoms with van der Waals surface area (Å²) in [4.78, 5) is 146. The second-order valence-electron chi connectivity index (χ2n) is 34.2. The summed E-state index contributed by atoms with van der Waals surface area (Å²) in [6.45, 7) is 14.1. The standard InChI is InChI=1S/C37H37N5O5S.C35H35N5O6S.C35H35N5O5S/c43-33(24-26-6-2-1-3-7-26)41-18-4-9-32(41)35(44)38-28-12-10-27(11-13-28)34-36(45)42(25-31-8-5-21-47-31)37(48-34)39-29-14-16-30(17-15-29)40-19-22-46-23-20-40;1-24(36-35(43)46-23-25-6-3-2-4-7-25)32(41)37-27-11-9-26(10-12-27)31-33(42)40(22-30-8-5-19-45-30)34(47-31)38-28-13-15-29(16-14-28)39-17-20-44-21-18-39;1-24(36-31(41)22-25-6-3-2-4-7-25)33(42)37-27-11-9-26(10-12-27)32-34(43)40(23-30-8-5-19-45-30)35(46-32)38-28-13-15-29(16-14-28)39-17-20-44-21-18-39/h1-3,5-8,10-17,21,32,34H,4,9,18-20,22-25H2,(H,38,44);2-16,19,24,31H,17-18,20-23H2,1H3,(H,36,43)(H,37,41);2-16,19,24,32H,17-18,20-23H2,1H3,(H,36,41)(H,37,42)/t32-,34?;24-,31?;24-,32?/m000/s1. The maximum Gasteiger partial charge on any atom is 0.408 e. The van der Waals surface area contributed by atoms with Crippen LogP contribution in [0.15, 0.2) is 320 Å². The zero-order valence-corrected chi connectivity index (χ0v) is 80.2. The Morgan fingerprint density at radius 3 is 1.08 bits per heavy atom. The molecule has 3 unspecified atom stereocenters. The number of amides is 9. The highest BCUT2D eigenvalue weighted by atomic mass is 32.2. The topological polar surface area (TPSA) is 350 Å². The molecule has 0 aliphatic carbocycles. The first-order valence-electron chi connectivity index (χ1n) is 46.8. The summed E-state index contributed by atoms with van der Waals surface area (Å²) in [5.74, 6) is 0.464. The molecule has 9 amide bonds. The molecule has 0 spiro atoms. The SMILES string of the molecule is C[C@H](NC(=O)Cc1ccccc1)C(=O)Nc1ccc(C2SC(=Nc3ccc(N4CCOCC4)cc3)N(Cc3ccco3)C2=O)cc1.C[C@H](NC(=O)OCc1ccccc1)C(=O)Nc1ccc(C2SC(=Nc3ccc(N4CCOCC4)cc3)N(Cc3ccco3)C2=O)cc1.O=C(Nc1ccc(C2SC(=Nc3ccc(N4CCOCC4)cc3)N(Cc3ccco3)C2=O)cc1)[C@@H]1CCCN1C(=O)Cc1ccccc1. The lowest BCUT2D eigenvalue weighted by Gasteiger charge is -2.28. The minimum atomic E-state index is -0.832. The van der Waals surface area contributed by atoms with Gasteiger partial charge in [-0.15, -0.1) is 0 Å². The van der Waals surface area contributed by atoms with E-state index in [1.165, 1.54) is 35.3 Å². The van der Waals surface area contributed by atoms with Crippen LogP contribution in [0.25, 0.3) is 0 Å². The Labute approximate surface area is 828 Å². The maximum atomic E-state index is 13.8. The summed E-state index contributed by atoms with van der Waals surface area (Å²) < 4.78 is 38.3. The van der Waals surface area contributed by atoms with Crippen molar-refractivity contribution in [2.45, 2.75) is 99.6 Å². The molecule has 10 heterocycles. The number of carbonyl (C=O) groups excluding carboxylic acids is 9. The van der Waals surface area contributed by atoms with Crippen molar-refractivity contribution in [2.75, 3.05) is 116 Å². The second-order valence-corrected chi connectivity index (χ2v) is 37.4. The van der Waals surface area contributed by atoms with E-state index >= 15 is 0 Å². The van der Waals surface area contributed by atoms with Crippen LogP contribution in [0.5, 0.6) is 0 Å². The van der Waals surface area contributed by atoms with E-state index in [-0.39, 0.29) is 80.4 Å². The van der Waals surface area contributed by atoms with Crippen LogP contribution in [0.1, 0.15) is 93.1 Å². The fourth-order valence-corrected chi connectivity index (χ4v) is 20.2. The molecule has 7 aliphatic heterocycles. The number of ether oxygens (including phenoxy) is 4. The minimum absolute atomic E-state index is 0.0458. The number of benzene rings is 9. The van der Waals surface area contributed by atoms with Crippen LogP contribution in [-0.2, 0) is 96.4 Å². The van der Waals surface area contributed by atoms with Gasteiger partial charge < -0.3 is 78.4 Å². The fraction of sp³-hybridized carbons (Fsp3) is 0.271. The van der Waals surface area contributed by atoms with Crippen LogP contribution in [0.2, 0.25) is 0 Å². The first kappa shape index (κ1) is 97.8. The maximum absolute atomic E-state index is 13.8. The highest BCUT2D eigenvalue weighted by Gasteiger charge is 2.44. The van der Waals surface area contributed by atoms with Crippen molar-refractivity contribution in [1.82, 2.24) is 30.2 Å². The van der Waals surface area contributed by atoms with Crippen LogP contribution in [-0.4, -0.2) is 192 Å². The molecule has 31 nitrogen and oxygen atoms in total. The minimum Gasteiger partial charge on any atom is -0.467 e. The number of thioether (sulfide) groups is 3. The smallest absolute Gasteiger partial charge is 0.408 e. The van der Waals surface area contributed by atoms with Gasteiger partial charge in [-0.3, -0.25) is 53.1 Å². The molecule has 34 heteroatoms. The zero-order valence-electron chi connectivity index (χ0n) is 77.8. The van der Waals surface area contributed by atoms with Crippen LogP contribution in [0, 0.1) is 0 Å². The average molecular weight is 1960 g/mol. The quantitative estimate of drug-likeness (QED) is 0.0291. The molecule has 3 aromatic heterocycles. The van der Waals surface area contributed by atoms with Crippen molar-refractivity contribution in [3.05, 3.63) is 342 Å². The lowest BCUT2D eigenvalue weighted by atomic mass is 10.1. The molecule has 141 heavy (non-hydrogen) atoms. The first-order valence-corrected chi connectivity index (χ1v) is 49.4. The number of alkyl carbamates (subject to hydrolysis) is 1. The van der Waals surface area contributed by atoms with Gasteiger partial charge in [0.2, 0.25) is 47.3 Å². The van der Waals surface area contributed by atoms with Crippen LogP contribution in [0.4, 0.5) is 56.0 Å². The van der Waals surface area contributed by atoms with Crippen LogP contribution < -0.4 is 41.3 Å². The number of anilines is 6. The van der Waals surface area contributed by atoms with Crippen LogP contribution in [0.3, 0.4) is 0 Å². The number of amidine groups is 3. The number of carbonyl (C=O) groups is 9. The monoisotopic (exact) mass is 1950 g/mol. The van der Waals surface area contributed by atoms with E-state index in [4.69, 9.17) is 47.2 Å². The first-order chi connectivity index (χ1) is 68.9. The third-order valence-electron chi connectivity index (χ3n) is 24.3. The number of nitrogens with zero attached hydrogens (tertiary/aromatic N) is 10. The van der Waals surface area contributed by atoms with Gasteiger partial charge in [-0.05, 0) is 206 Å². The average Bonchev–Trinajstić information content (AvgIpc) is 1.64. The second kappa shape index (κ2) is 47.7. The van der Waals surface area contributed by atoms with E-state index < -0.39 is 45.9 Å². The lowest BCUT2D eigenvalue weighted by Crippen LogP contribution is -2.43. The predicted molar refractivity (Wildman–Crippen MR) is 546 cm³/mol. The van der Waals surface area contributed by atoms with Crippen LogP contribution >= 0.6 is 35.3 Å². The molecule has 5 N–H and O–H groups in total. The molecule has 7 aliphatic rings. The number of nitrogens with one attached hydrogen (secondary N) is 5. The summed E-state index contributed by atoms with van der Waals surface area (Å²) in [5.41, 5.74) is 12.3. The largest absolute Gasteiger partial charge is 0.467 e. The molecule has 0 saturated carbocycles. The highest BCUT2D eigenvalue weighted by Crippen LogP contribution is 2.46. The molecule has 9 aromatic carbocycles. The Bertz CT molecular complexity index is 6340. The van der Waals surface area contributed by atoms with E-state index in [2.05, 4.69) is 53.4 Å². The summed E-state index contributed by atoms with van der Waals surface area (Å²) in [7, 11) is 0. The van der Waals surface area contributed by atoms with Gasteiger partial charge in [0.1, 0.15) is 57.8 Å². The van der Waals surface area contributed by atoms with Gasteiger partial charge >= 0.3 is 6.09 Å². The molecule has 7 saturated heterocycles. The van der Waals surface area contributed by atoms with Crippen molar-refractivity contribution in [3.8, 4) is 0 Å². The summed E-state index contributed by atoms with van der Waals surface area (Å²) >= 11 is 4.16. The van der Waals surface area contributed by atoms with Crippen molar-refractivity contribution in [2.24, 2.45) is 15.0 Å². The van der Waals surface area contributed by atoms with Crippen molar-refractivity contribution in [1.29, 1.82) is 0 Å². The van der Waals surface area contributed by atoms with Crippen molar-refractivity contribution >= 4 is 155 Å². The molecule has 7 fully saturated rings. The number of furan rings is 3.